The van der Waals surface area contributed by atoms with Crippen LogP contribution in [0.1, 0.15) is 13.3 Å². The topological polar surface area (TPSA) is 64.8 Å². The summed E-state index contributed by atoms with van der Waals surface area (Å²) in [5.41, 5.74) is 5.56. The van der Waals surface area contributed by atoms with Crippen molar-refractivity contribution in [2.24, 2.45) is 11.7 Å². The van der Waals surface area contributed by atoms with Gasteiger partial charge in [0.15, 0.2) is 0 Å². The summed E-state index contributed by atoms with van der Waals surface area (Å²) in [4.78, 5) is 14.1. The molecule has 0 bridgehead atoms. The first kappa shape index (κ1) is 11.8. The molecule has 0 radical (unpaired) electrons. The number of nitrogens with zero attached hydrogens (tertiary/aromatic N) is 1. The molecule has 16 heavy (non-hydrogen) atoms. The Bertz CT molecular complexity index is 260. The monoisotopic (exact) mass is 228 g/mol. The maximum atomic E-state index is 12.2. The van der Waals surface area contributed by atoms with Gasteiger partial charge in [0.05, 0.1) is 24.7 Å². The third-order valence-electron chi connectivity index (χ3n) is 3.41. The van der Waals surface area contributed by atoms with E-state index in [0.29, 0.717) is 32.8 Å². The van der Waals surface area contributed by atoms with Crippen LogP contribution in [0, 0.1) is 5.92 Å². The Kier molecular flexibility index (Phi) is 3.78. The molecule has 3 atom stereocenters. The first-order valence-corrected chi connectivity index (χ1v) is 5.94. The number of nitrogens with two attached hydrogens (primary N) is 1. The molecule has 0 aliphatic carbocycles. The van der Waals surface area contributed by atoms with Crippen molar-refractivity contribution in [1.82, 2.24) is 4.90 Å². The summed E-state index contributed by atoms with van der Waals surface area (Å²) in [5.74, 6) is 0.225. The van der Waals surface area contributed by atoms with E-state index in [1.807, 2.05) is 11.8 Å². The molecule has 2 heterocycles. The quantitative estimate of drug-likeness (QED) is 0.698. The molecule has 92 valence electrons. The largest absolute Gasteiger partial charge is 0.378 e. The highest BCUT2D eigenvalue weighted by molar-refractivity contribution is 5.79. The Hall–Kier alpha value is -0.650. The average Bonchev–Trinajstić information content (AvgIpc) is 2.74. The van der Waals surface area contributed by atoms with Gasteiger partial charge >= 0.3 is 0 Å². The molecule has 2 fully saturated rings. The number of carbonyl (C=O) groups is 1. The van der Waals surface area contributed by atoms with E-state index in [1.165, 1.54) is 0 Å². The van der Waals surface area contributed by atoms with Crippen LogP contribution in [-0.2, 0) is 14.3 Å². The van der Waals surface area contributed by atoms with Gasteiger partial charge in [-0.2, -0.15) is 0 Å². The molecule has 5 heteroatoms. The van der Waals surface area contributed by atoms with Crippen LogP contribution in [0.2, 0.25) is 0 Å². The molecular formula is C11H20N2O3. The van der Waals surface area contributed by atoms with E-state index in [2.05, 4.69) is 0 Å². The van der Waals surface area contributed by atoms with E-state index < -0.39 is 0 Å². The number of hydrogen-bond donors (Lipinski definition) is 1. The van der Waals surface area contributed by atoms with Crippen molar-refractivity contribution in [3.63, 3.8) is 0 Å². The minimum Gasteiger partial charge on any atom is -0.378 e. The van der Waals surface area contributed by atoms with Gasteiger partial charge in [-0.05, 0) is 13.3 Å². The maximum absolute atomic E-state index is 12.2. The van der Waals surface area contributed by atoms with Crippen molar-refractivity contribution < 1.29 is 14.3 Å². The molecule has 0 spiro atoms. The fraction of sp³-hybridized carbons (Fsp3) is 0.909. The van der Waals surface area contributed by atoms with E-state index in [1.54, 1.807) is 0 Å². The standard InChI is InChI=1S/C11H20N2O3/c1-8-10(2-4-15-8)11(14)13-3-5-16-9(6-12)7-13/h8-10H,2-7,12H2,1H3. The van der Waals surface area contributed by atoms with Crippen LogP contribution in [-0.4, -0.2) is 55.9 Å². The summed E-state index contributed by atoms with van der Waals surface area (Å²) in [6.45, 7) is 5.03. The molecule has 3 unspecified atom stereocenters. The highest BCUT2D eigenvalue weighted by Gasteiger charge is 2.35. The molecule has 2 rings (SSSR count). The molecule has 0 aromatic heterocycles. The summed E-state index contributed by atoms with van der Waals surface area (Å²) in [6.07, 6.45) is 0.881. The first-order chi connectivity index (χ1) is 7.72. The number of carbonyl (C=O) groups excluding carboxylic acids is 1. The van der Waals surface area contributed by atoms with E-state index in [9.17, 15) is 4.79 Å². The van der Waals surface area contributed by atoms with Gasteiger partial charge in [0.1, 0.15) is 0 Å². The average molecular weight is 228 g/mol. The lowest BCUT2D eigenvalue weighted by atomic mass is 10.0. The Labute approximate surface area is 95.9 Å². The summed E-state index contributed by atoms with van der Waals surface area (Å²) in [7, 11) is 0. The molecule has 2 aliphatic rings. The van der Waals surface area contributed by atoms with E-state index in [-0.39, 0.29) is 24.0 Å². The summed E-state index contributed by atoms with van der Waals surface area (Å²) in [5, 5.41) is 0. The van der Waals surface area contributed by atoms with Crippen molar-refractivity contribution >= 4 is 5.91 Å². The normalized spacial score (nSPS) is 35.4. The second-order valence-electron chi connectivity index (χ2n) is 4.48. The predicted molar refractivity (Wildman–Crippen MR) is 58.9 cm³/mol. The van der Waals surface area contributed by atoms with Crippen LogP contribution in [0.3, 0.4) is 0 Å². The zero-order valence-electron chi connectivity index (χ0n) is 9.72. The van der Waals surface area contributed by atoms with Crippen LogP contribution in [0.5, 0.6) is 0 Å². The SMILES string of the molecule is CC1OCCC1C(=O)N1CCOC(CN)C1. The lowest BCUT2D eigenvalue weighted by Crippen LogP contribution is -2.50. The molecule has 5 nitrogen and oxygen atoms in total. The summed E-state index contributed by atoms with van der Waals surface area (Å²) < 4.78 is 10.9. The Balaban J connectivity index is 1.93. The summed E-state index contributed by atoms with van der Waals surface area (Å²) >= 11 is 0. The first-order valence-electron chi connectivity index (χ1n) is 5.94. The highest BCUT2D eigenvalue weighted by atomic mass is 16.5. The van der Waals surface area contributed by atoms with Crippen molar-refractivity contribution in [2.75, 3.05) is 32.8 Å². The van der Waals surface area contributed by atoms with Gasteiger partial charge in [0.25, 0.3) is 0 Å². The van der Waals surface area contributed by atoms with Crippen LogP contribution in [0.4, 0.5) is 0 Å². The number of ether oxygens (including phenoxy) is 2. The summed E-state index contributed by atoms with van der Waals surface area (Å²) in [6, 6.07) is 0. The molecular weight excluding hydrogens is 208 g/mol. The Morgan fingerprint density at radius 3 is 2.88 bits per heavy atom. The van der Waals surface area contributed by atoms with Crippen molar-refractivity contribution in [2.45, 2.75) is 25.6 Å². The number of amides is 1. The Morgan fingerprint density at radius 2 is 2.25 bits per heavy atom. The highest BCUT2D eigenvalue weighted by Crippen LogP contribution is 2.23. The van der Waals surface area contributed by atoms with Gasteiger partial charge < -0.3 is 20.1 Å². The minimum absolute atomic E-state index is 0.00433. The van der Waals surface area contributed by atoms with Crippen molar-refractivity contribution in [1.29, 1.82) is 0 Å². The third kappa shape index (κ3) is 2.36. The number of hydrogen-bond acceptors (Lipinski definition) is 4. The van der Waals surface area contributed by atoms with E-state index >= 15 is 0 Å². The lowest BCUT2D eigenvalue weighted by molar-refractivity contribution is -0.144. The zero-order valence-corrected chi connectivity index (χ0v) is 9.72. The van der Waals surface area contributed by atoms with Gasteiger partial charge in [0.2, 0.25) is 5.91 Å². The molecule has 2 saturated heterocycles. The molecule has 0 saturated carbocycles. The van der Waals surface area contributed by atoms with Gasteiger partial charge in [-0.25, -0.2) is 0 Å². The fourth-order valence-corrected chi connectivity index (χ4v) is 2.35. The Morgan fingerprint density at radius 1 is 1.44 bits per heavy atom. The lowest BCUT2D eigenvalue weighted by Gasteiger charge is -2.34. The van der Waals surface area contributed by atoms with Crippen LogP contribution < -0.4 is 5.73 Å². The number of morpholine rings is 1. The zero-order chi connectivity index (χ0) is 11.5. The van der Waals surface area contributed by atoms with Gasteiger partial charge in [-0.3, -0.25) is 4.79 Å². The van der Waals surface area contributed by atoms with Gasteiger partial charge in [-0.15, -0.1) is 0 Å². The third-order valence-corrected chi connectivity index (χ3v) is 3.41. The molecule has 0 aromatic carbocycles. The van der Waals surface area contributed by atoms with Crippen molar-refractivity contribution in [3.8, 4) is 0 Å². The van der Waals surface area contributed by atoms with Gasteiger partial charge in [-0.1, -0.05) is 0 Å². The smallest absolute Gasteiger partial charge is 0.228 e. The van der Waals surface area contributed by atoms with Crippen molar-refractivity contribution in [3.05, 3.63) is 0 Å². The van der Waals surface area contributed by atoms with E-state index in [0.717, 1.165) is 6.42 Å². The molecule has 2 N–H and O–H groups in total. The van der Waals surface area contributed by atoms with Crippen LogP contribution >= 0.6 is 0 Å². The minimum atomic E-state index is -0.00433. The number of rotatable bonds is 2. The van der Waals surface area contributed by atoms with Gasteiger partial charge in [0, 0.05) is 26.2 Å². The van der Waals surface area contributed by atoms with Crippen LogP contribution in [0.15, 0.2) is 0 Å². The maximum Gasteiger partial charge on any atom is 0.228 e. The second-order valence-corrected chi connectivity index (χ2v) is 4.48. The van der Waals surface area contributed by atoms with E-state index in [4.69, 9.17) is 15.2 Å². The predicted octanol–water partition coefficient (Wildman–Crippen LogP) is -0.402. The fourth-order valence-electron chi connectivity index (χ4n) is 2.35. The molecule has 2 aliphatic heterocycles. The molecule has 1 amide bonds. The van der Waals surface area contributed by atoms with Crippen LogP contribution in [0.25, 0.3) is 0 Å². The second kappa shape index (κ2) is 5.12. The molecule has 0 aromatic rings.